The monoisotopic (exact) mass is 378 g/mol. The van der Waals surface area contributed by atoms with Crippen molar-refractivity contribution < 1.29 is 14.2 Å². The first-order chi connectivity index (χ1) is 12.2. The molecule has 140 valence electrons. The summed E-state index contributed by atoms with van der Waals surface area (Å²) in [5.41, 5.74) is 15.3. The van der Waals surface area contributed by atoms with E-state index in [-0.39, 0.29) is 17.1 Å². The summed E-state index contributed by atoms with van der Waals surface area (Å²) in [4.78, 5) is 6.06. The number of allylic oxidation sites excluding steroid dienone is 7. The maximum atomic E-state index is 6.06. The predicted molar refractivity (Wildman–Crippen MR) is 102 cm³/mol. The number of hydrogen-bond acceptors (Lipinski definition) is 6. The second-order valence-electron chi connectivity index (χ2n) is 6.27. The standard InChI is InChI=1S/C18H24N5O2.ClH/c1-19-22(2)18-16-13(10-20-21-18)11-23(25-4)15(24-3)9-12-7-5-6-8-14(12)17(16)23;/h6-10,19-21H,5,11H2,1-4H3;1H/q+1;. The molecular formula is C18H25ClN5O2+. The molecule has 0 aromatic rings. The summed E-state index contributed by atoms with van der Waals surface area (Å²) in [5, 5.41) is 1.96. The zero-order valence-electron chi connectivity index (χ0n) is 15.4. The van der Waals surface area contributed by atoms with Gasteiger partial charge in [-0.25, -0.2) is 5.43 Å². The van der Waals surface area contributed by atoms with Gasteiger partial charge in [0.05, 0.1) is 25.9 Å². The molecule has 0 spiro atoms. The first-order valence-electron chi connectivity index (χ1n) is 8.35. The third-order valence-electron chi connectivity index (χ3n) is 5.14. The molecule has 0 bridgehead atoms. The van der Waals surface area contributed by atoms with Crippen LogP contribution in [0.3, 0.4) is 0 Å². The molecule has 0 amide bonds. The van der Waals surface area contributed by atoms with E-state index in [4.69, 9.17) is 9.57 Å². The van der Waals surface area contributed by atoms with E-state index in [1.54, 1.807) is 14.2 Å². The molecule has 3 aliphatic heterocycles. The van der Waals surface area contributed by atoms with E-state index in [2.05, 4.69) is 40.6 Å². The van der Waals surface area contributed by atoms with Gasteiger partial charge in [-0.05, 0) is 12.0 Å². The van der Waals surface area contributed by atoms with Gasteiger partial charge in [-0.3, -0.25) is 10.4 Å². The highest BCUT2D eigenvalue weighted by Gasteiger charge is 2.56. The fraction of sp³-hybridized carbons (Fsp3) is 0.333. The number of quaternary nitrogens is 1. The lowest BCUT2D eigenvalue weighted by atomic mass is 9.91. The zero-order chi connectivity index (χ0) is 17.6. The van der Waals surface area contributed by atoms with Crippen molar-refractivity contribution >= 4 is 12.4 Å². The van der Waals surface area contributed by atoms with Crippen LogP contribution >= 0.6 is 12.4 Å². The molecule has 1 aliphatic carbocycles. The number of halogens is 1. The van der Waals surface area contributed by atoms with Crippen LogP contribution in [-0.4, -0.2) is 44.5 Å². The van der Waals surface area contributed by atoms with Gasteiger partial charge in [0.2, 0.25) is 0 Å². The Morgan fingerprint density at radius 2 is 2.12 bits per heavy atom. The molecule has 1 saturated heterocycles. The molecule has 26 heavy (non-hydrogen) atoms. The van der Waals surface area contributed by atoms with Crippen LogP contribution in [0.25, 0.3) is 0 Å². The normalized spacial score (nSPS) is 25.6. The number of hydrogen-bond donors (Lipinski definition) is 3. The highest BCUT2D eigenvalue weighted by molar-refractivity contribution is 5.85. The van der Waals surface area contributed by atoms with Gasteiger partial charge in [0.15, 0.2) is 12.2 Å². The molecule has 0 aromatic heterocycles. The van der Waals surface area contributed by atoms with Crippen molar-refractivity contribution in [1.82, 2.24) is 21.3 Å². The first-order valence-corrected chi connectivity index (χ1v) is 8.35. The van der Waals surface area contributed by atoms with Crippen molar-refractivity contribution in [3.8, 4) is 0 Å². The van der Waals surface area contributed by atoms with Gasteiger partial charge in [0.25, 0.3) is 0 Å². The third kappa shape index (κ3) is 2.39. The predicted octanol–water partition coefficient (Wildman–Crippen LogP) is 1.71. The van der Waals surface area contributed by atoms with Crippen LogP contribution in [0, 0.1) is 0 Å². The van der Waals surface area contributed by atoms with Crippen LogP contribution in [0.5, 0.6) is 0 Å². The lowest BCUT2D eigenvalue weighted by molar-refractivity contribution is -1.04. The third-order valence-corrected chi connectivity index (χ3v) is 5.14. The van der Waals surface area contributed by atoms with Gasteiger partial charge >= 0.3 is 5.88 Å². The number of hydrazine groups is 2. The first kappa shape index (κ1) is 18.6. The Hall–Kier alpha value is -2.19. The highest BCUT2D eigenvalue weighted by Crippen LogP contribution is 2.51. The molecule has 1 atom stereocenters. The number of nitrogens with zero attached hydrogens (tertiary/aromatic N) is 2. The Kier molecular flexibility index (Phi) is 4.90. The fourth-order valence-corrected chi connectivity index (χ4v) is 3.88. The molecule has 8 heteroatoms. The van der Waals surface area contributed by atoms with Gasteiger partial charge in [-0.15, -0.1) is 12.4 Å². The minimum absolute atomic E-state index is 0. The maximum Gasteiger partial charge on any atom is 0.330 e. The molecule has 3 N–H and O–H groups in total. The molecule has 0 radical (unpaired) electrons. The van der Waals surface area contributed by atoms with Crippen LogP contribution in [0.15, 0.2) is 70.2 Å². The van der Waals surface area contributed by atoms with E-state index < -0.39 is 0 Å². The molecule has 1 fully saturated rings. The number of fused-ring (bicyclic) bond motifs is 4. The van der Waals surface area contributed by atoms with Crippen LogP contribution in [0.4, 0.5) is 0 Å². The Bertz CT molecular complexity index is 808. The van der Waals surface area contributed by atoms with Gasteiger partial charge < -0.3 is 10.2 Å². The molecule has 1 unspecified atom stereocenters. The quantitative estimate of drug-likeness (QED) is 0.511. The van der Waals surface area contributed by atoms with Crippen LogP contribution < -0.4 is 16.3 Å². The van der Waals surface area contributed by atoms with E-state index in [0.717, 1.165) is 29.4 Å². The molecule has 4 aliphatic rings. The van der Waals surface area contributed by atoms with Crippen LogP contribution in [-0.2, 0) is 9.57 Å². The second kappa shape index (κ2) is 6.85. The molecular weight excluding hydrogens is 354 g/mol. The number of rotatable bonds is 4. The van der Waals surface area contributed by atoms with Crippen molar-refractivity contribution in [2.45, 2.75) is 6.42 Å². The number of methoxy groups -OCH3 is 1. The fourth-order valence-electron chi connectivity index (χ4n) is 3.88. The summed E-state index contributed by atoms with van der Waals surface area (Å²) in [6.07, 6.45) is 11.6. The van der Waals surface area contributed by atoms with Crippen molar-refractivity contribution in [3.05, 3.63) is 70.2 Å². The average molecular weight is 379 g/mol. The molecule has 3 heterocycles. The summed E-state index contributed by atoms with van der Waals surface area (Å²) in [5.74, 6) is 1.74. The minimum Gasteiger partial charge on any atom is -0.453 e. The average Bonchev–Trinajstić information content (AvgIpc) is 3.02. The Labute approximate surface area is 159 Å². The molecule has 0 aromatic carbocycles. The summed E-state index contributed by atoms with van der Waals surface area (Å²) in [6, 6.07) is 0. The summed E-state index contributed by atoms with van der Waals surface area (Å²) in [7, 11) is 7.31. The molecule has 7 nitrogen and oxygen atoms in total. The largest absolute Gasteiger partial charge is 0.453 e. The van der Waals surface area contributed by atoms with E-state index in [0.29, 0.717) is 6.54 Å². The van der Waals surface area contributed by atoms with Gasteiger partial charge in [-0.2, -0.15) is 4.84 Å². The second-order valence-corrected chi connectivity index (χ2v) is 6.27. The maximum absolute atomic E-state index is 6.06. The van der Waals surface area contributed by atoms with Gasteiger partial charge in [-0.1, -0.05) is 22.9 Å². The number of ether oxygens (including phenoxy) is 1. The number of nitrogens with one attached hydrogen (secondary N) is 3. The summed E-state index contributed by atoms with van der Waals surface area (Å²) >= 11 is 0. The van der Waals surface area contributed by atoms with Crippen molar-refractivity contribution in [1.29, 1.82) is 0 Å². The van der Waals surface area contributed by atoms with Crippen molar-refractivity contribution in [3.63, 3.8) is 0 Å². The summed E-state index contributed by atoms with van der Waals surface area (Å²) in [6.45, 7) is 0.668. The number of hydroxylamine groups is 3. The van der Waals surface area contributed by atoms with Crippen molar-refractivity contribution in [2.24, 2.45) is 0 Å². The van der Waals surface area contributed by atoms with E-state index in [1.165, 1.54) is 16.7 Å². The van der Waals surface area contributed by atoms with Crippen LogP contribution in [0.2, 0.25) is 0 Å². The minimum atomic E-state index is 0. The van der Waals surface area contributed by atoms with E-state index in [1.807, 2.05) is 25.3 Å². The summed E-state index contributed by atoms with van der Waals surface area (Å²) < 4.78 is 5.99. The smallest absolute Gasteiger partial charge is 0.330 e. The van der Waals surface area contributed by atoms with Crippen LogP contribution in [0.1, 0.15) is 6.42 Å². The zero-order valence-corrected chi connectivity index (χ0v) is 16.2. The lowest BCUT2D eigenvalue weighted by Crippen LogP contribution is -2.45. The van der Waals surface area contributed by atoms with Crippen molar-refractivity contribution in [2.75, 3.05) is 34.9 Å². The van der Waals surface area contributed by atoms with E-state index in [9.17, 15) is 0 Å². The van der Waals surface area contributed by atoms with E-state index >= 15 is 0 Å². The lowest BCUT2D eigenvalue weighted by Gasteiger charge is -2.35. The topological polar surface area (TPSA) is 57.8 Å². The highest BCUT2D eigenvalue weighted by atomic mass is 35.5. The molecule has 0 saturated carbocycles. The Morgan fingerprint density at radius 1 is 1.31 bits per heavy atom. The van der Waals surface area contributed by atoms with Gasteiger partial charge in [0.1, 0.15) is 5.82 Å². The molecule has 4 rings (SSSR count). The Morgan fingerprint density at radius 3 is 2.81 bits per heavy atom. The SMILES string of the molecule is CNN(C)C1=C2C(=CNN1)C[N+]1(OC)C(OC)=CC3=CCC=CC3=C21.Cl. The Balaban J connectivity index is 0.00000196. The van der Waals surface area contributed by atoms with Gasteiger partial charge in [0, 0.05) is 31.4 Å².